The van der Waals surface area contributed by atoms with Crippen LogP contribution in [0.15, 0.2) is 0 Å². The number of hydrogen-bond acceptors (Lipinski definition) is 7. The van der Waals surface area contributed by atoms with Gasteiger partial charge in [0.2, 0.25) is 5.78 Å². The Balaban J connectivity index is 1.78. The van der Waals surface area contributed by atoms with E-state index in [0.717, 1.165) is 0 Å². The molecule has 8 atom stereocenters. The van der Waals surface area contributed by atoms with E-state index in [9.17, 15) is 19.2 Å². The minimum Gasteiger partial charge on any atom is -0.453 e. The third-order valence-electron chi connectivity index (χ3n) is 6.40. The summed E-state index contributed by atoms with van der Waals surface area (Å²) in [5, 5.41) is 0. The van der Waals surface area contributed by atoms with E-state index in [1.54, 1.807) is 0 Å². The van der Waals surface area contributed by atoms with Crippen LogP contribution in [0.25, 0.3) is 0 Å². The topological polar surface area (TPSA) is 96.0 Å². The summed E-state index contributed by atoms with van der Waals surface area (Å²) in [7, 11) is 0. The van der Waals surface area contributed by atoms with Crippen LogP contribution in [0, 0.1) is 22.7 Å². The first kappa shape index (κ1) is 10.0. The van der Waals surface area contributed by atoms with Crippen LogP contribution in [0.1, 0.15) is 6.42 Å². The third kappa shape index (κ3) is 0.544. The molecule has 0 N–H and O–H groups in total. The Bertz CT molecular complexity index is 624. The Hall–Kier alpha value is -1.76. The highest BCUT2D eigenvalue weighted by Crippen LogP contribution is 2.80. The van der Waals surface area contributed by atoms with Crippen LogP contribution >= 0.6 is 0 Å². The van der Waals surface area contributed by atoms with E-state index < -0.39 is 59.0 Å². The number of carbonyl (C=O) groups is 4. The van der Waals surface area contributed by atoms with Gasteiger partial charge in [0.1, 0.15) is 23.0 Å². The molecule has 4 bridgehead atoms. The molecular formula is C13H8O7. The molecule has 0 amide bonds. The van der Waals surface area contributed by atoms with Crippen LogP contribution in [-0.2, 0) is 33.4 Å². The van der Waals surface area contributed by atoms with Crippen molar-refractivity contribution >= 4 is 23.5 Å². The van der Waals surface area contributed by atoms with Gasteiger partial charge in [-0.1, -0.05) is 0 Å². The first-order valence-corrected chi connectivity index (χ1v) is 6.71. The number of ether oxygens (including phenoxy) is 3. The van der Waals surface area contributed by atoms with Crippen LogP contribution in [0.5, 0.6) is 0 Å². The molecule has 7 nitrogen and oxygen atoms in total. The molecule has 6 rings (SSSR count). The lowest BCUT2D eigenvalue weighted by molar-refractivity contribution is -0.163. The highest BCUT2D eigenvalue weighted by Gasteiger charge is 2.97. The molecule has 8 unspecified atom stereocenters. The second-order valence-electron chi connectivity index (χ2n) is 6.53. The molecule has 2 aliphatic carbocycles. The number of Topliss-reactive ketones (excluding diaryl/α,β-unsaturated/α-hetero) is 2. The lowest BCUT2D eigenvalue weighted by atomic mass is 9.51. The van der Waals surface area contributed by atoms with Gasteiger partial charge in [0.25, 0.3) is 0 Å². The molecule has 4 heterocycles. The SMILES string of the molecule is O=C1C2OC(=O)C34C5OC6C(OC(=O)C63C1CC24)C5=O. The van der Waals surface area contributed by atoms with Gasteiger partial charge < -0.3 is 14.2 Å². The van der Waals surface area contributed by atoms with E-state index >= 15 is 0 Å². The van der Waals surface area contributed by atoms with E-state index in [-0.39, 0.29) is 11.6 Å². The Morgan fingerprint density at radius 2 is 1.60 bits per heavy atom. The van der Waals surface area contributed by atoms with Gasteiger partial charge in [-0.25, -0.2) is 0 Å². The van der Waals surface area contributed by atoms with Gasteiger partial charge in [0.15, 0.2) is 18.0 Å². The second-order valence-corrected chi connectivity index (χ2v) is 6.53. The smallest absolute Gasteiger partial charge is 0.317 e. The zero-order valence-electron chi connectivity index (χ0n) is 10.0. The van der Waals surface area contributed by atoms with Crippen molar-refractivity contribution in [3.63, 3.8) is 0 Å². The predicted molar refractivity (Wildman–Crippen MR) is 54.9 cm³/mol. The normalized spacial score (nSPS) is 63.2. The highest BCUT2D eigenvalue weighted by atomic mass is 16.6. The maximum atomic E-state index is 12.5. The van der Waals surface area contributed by atoms with E-state index in [1.165, 1.54) is 0 Å². The van der Waals surface area contributed by atoms with E-state index in [0.29, 0.717) is 6.42 Å². The molecule has 0 aromatic rings. The average molecular weight is 276 g/mol. The maximum Gasteiger partial charge on any atom is 0.317 e. The molecule has 6 aliphatic rings. The summed E-state index contributed by atoms with van der Waals surface area (Å²) in [6, 6.07) is 0. The van der Waals surface area contributed by atoms with E-state index in [2.05, 4.69) is 0 Å². The van der Waals surface area contributed by atoms with Crippen LogP contribution in [0.2, 0.25) is 0 Å². The molecule has 4 saturated heterocycles. The fourth-order valence-corrected chi connectivity index (χ4v) is 5.97. The molecule has 7 heteroatoms. The van der Waals surface area contributed by atoms with Gasteiger partial charge in [-0.15, -0.1) is 0 Å². The van der Waals surface area contributed by atoms with Crippen LogP contribution in [-0.4, -0.2) is 47.9 Å². The maximum absolute atomic E-state index is 12.5. The minimum absolute atomic E-state index is 0.210. The minimum atomic E-state index is -1.30. The standard InChI is InChI=1S/C13H8O7/c14-4-2-1-3-6(4)18-11(17)13(3)8-5(15)7-9(20-8)12(2,13)10(16)19-7/h2-3,6-9H,1H2. The molecule has 4 aliphatic heterocycles. The molecule has 102 valence electrons. The number of hydrogen-bond donors (Lipinski definition) is 0. The van der Waals surface area contributed by atoms with Gasteiger partial charge in [-0.2, -0.15) is 0 Å². The largest absolute Gasteiger partial charge is 0.453 e. The number of carbonyl (C=O) groups excluding carboxylic acids is 4. The first-order valence-electron chi connectivity index (χ1n) is 6.71. The fraction of sp³-hybridized carbons (Fsp3) is 0.692. The lowest BCUT2D eigenvalue weighted by Crippen LogP contribution is -2.62. The zero-order chi connectivity index (χ0) is 13.6. The second kappa shape index (κ2) is 2.32. The van der Waals surface area contributed by atoms with E-state index in [4.69, 9.17) is 14.2 Å². The summed E-state index contributed by atoms with van der Waals surface area (Å²) < 4.78 is 16.1. The summed E-state index contributed by atoms with van der Waals surface area (Å²) >= 11 is 0. The van der Waals surface area contributed by atoms with Crippen LogP contribution in [0.3, 0.4) is 0 Å². The summed E-state index contributed by atoms with van der Waals surface area (Å²) in [4.78, 5) is 49.7. The van der Waals surface area contributed by atoms with Crippen molar-refractivity contribution in [2.45, 2.75) is 30.8 Å². The molecule has 2 spiro atoms. The van der Waals surface area contributed by atoms with Crippen molar-refractivity contribution in [3.05, 3.63) is 0 Å². The molecule has 0 aromatic heterocycles. The van der Waals surface area contributed by atoms with Gasteiger partial charge in [-0.3, -0.25) is 19.2 Å². The quantitative estimate of drug-likeness (QED) is 0.490. The van der Waals surface area contributed by atoms with E-state index in [1.807, 2.05) is 0 Å². The third-order valence-corrected chi connectivity index (χ3v) is 6.40. The number of rotatable bonds is 0. The van der Waals surface area contributed by atoms with Crippen LogP contribution in [0.4, 0.5) is 0 Å². The van der Waals surface area contributed by atoms with Crippen molar-refractivity contribution in [2.24, 2.45) is 22.7 Å². The lowest BCUT2D eigenvalue weighted by Gasteiger charge is -2.39. The predicted octanol–water partition coefficient (Wildman–Crippen LogP) is -1.62. The molecule has 0 radical (unpaired) electrons. The van der Waals surface area contributed by atoms with Crippen LogP contribution < -0.4 is 0 Å². The van der Waals surface area contributed by atoms with Crippen molar-refractivity contribution in [2.75, 3.05) is 0 Å². The Labute approximate surface area is 111 Å². The number of fused-ring (bicyclic) bond motifs is 2. The molecule has 0 aromatic carbocycles. The first-order chi connectivity index (χ1) is 9.56. The molecule has 2 saturated carbocycles. The van der Waals surface area contributed by atoms with Gasteiger partial charge in [0.05, 0.1) is 0 Å². The summed E-state index contributed by atoms with van der Waals surface area (Å²) in [6.07, 6.45) is -3.11. The van der Waals surface area contributed by atoms with Crippen molar-refractivity contribution < 1.29 is 33.4 Å². The zero-order valence-corrected chi connectivity index (χ0v) is 10.0. The van der Waals surface area contributed by atoms with Crippen molar-refractivity contribution in [1.82, 2.24) is 0 Å². The summed E-state index contributed by atoms with van der Waals surface area (Å²) in [5.74, 6) is -2.84. The summed E-state index contributed by atoms with van der Waals surface area (Å²) in [6.45, 7) is 0. The molecule has 6 fully saturated rings. The van der Waals surface area contributed by atoms with Crippen molar-refractivity contribution in [1.29, 1.82) is 0 Å². The molecule has 20 heavy (non-hydrogen) atoms. The Kier molecular flexibility index (Phi) is 1.17. The molecular weight excluding hydrogens is 268 g/mol. The van der Waals surface area contributed by atoms with Gasteiger partial charge in [0, 0.05) is 11.8 Å². The Morgan fingerprint density at radius 1 is 0.900 bits per heavy atom. The highest BCUT2D eigenvalue weighted by molar-refractivity contribution is 6.14. The monoisotopic (exact) mass is 276 g/mol. The summed E-state index contributed by atoms with van der Waals surface area (Å²) in [5.41, 5.74) is -2.61. The van der Waals surface area contributed by atoms with Gasteiger partial charge >= 0.3 is 11.9 Å². The number of esters is 2. The average Bonchev–Trinajstić information content (AvgIpc) is 3.12. The van der Waals surface area contributed by atoms with Gasteiger partial charge in [-0.05, 0) is 6.42 Å². The number of ketones is 2. The Morgan fingerprint density at radius 3 is 2.40 bits per heavy atom. The fourth-order valence-electron chi connectivity index (χ4n) is 5.97. The van der Waals surface area contributed by atoms with Crippen molar-refractivity contribution in [3.8, 4) is 0 Å².